The molecule has 4 heteroatoms. The van der Waals surface area contributed by atoms with Crippen molar-refractivity contribution in [3.05, 3.63) is 34.7 Å². The van der Waals surface area contributed by atoms with Gasteiger partial charge in [-0.25, -0.2) is 0 Å². The second-order valence-electron chi connectivity index (χ2n) is 2.71. The molecule has 1 amide bonds. The molecule has 0 aromatic carbocycles. The van der Waals surface area contributed by atoms with Crippen molar-refractivity contribution in [3.8, 4) is 0 Å². The van der Waals surface area contributed by atoms with Gasteiger partial charge in [-0.1, -0.05) is 6.07 Å². The topological polar surface area (TPSA) is 51.1 Å². The van der Waals surface area contributed by atoms with E-state index in [9.17, 15) is 9.59 Å². The molecule has 1 saturated heterocycles. The standard InChI is InChI=1S/C8H8N2O2/c11-7-3-1-2-4-10(7)6-5-9-8(6)12/h1-4,6H,5H2,(H,9,12). The van der Waals surface area contributed by atoms with Crippen LogP contribution in [0.15, 0.2) is 29.2 Å². The van der Waals surface area contributed by atoms with Gasteiger partial charge in [0.2, 0.25) is 5.91 Å². The monoisotopic (exact) mass is 164 g/mol. The Balaban J connectivity index is 2.40. The molecule has 1 N–H and O–H groups in total. The molecule has 4 nitrogen and oxygen atoms in total. The quantitative estimate of drug-likeness (QED) is 0.570. The van der Waals surface area contributed by atoms with Crippen LogP contribution in [0.25, 0.3) is 0 Å². The zero-order valence-electron chi connectivity index (χ0n) is 6.36. The van der Waals surface area contributed by atoms with E-state index in [1.807, 2.05) is 0 Å². The lowest BCUT2D eigenvalue weighted by Gasteiger charge is -2.27. The molecule has 12 heavy (non-hydrogen) atoms. The van der Waals surface area contributed by atoms with Crippen LogP contribution in [0.1, 0.15) is 6.04 Å². The summed E-state index contributed by atoms with van der Waals surface area (Å²) in [6.45, 7) is 0.558. The predicted molar refractivity (Wildman–Crippen MR) is 42.7 cm³/mol. The molecule has 1 unspecified atom stereocenters. The summed E-state index contributed by atoms with van der Waals surface area (Å²) in [5, 5.41) is 2.59. The summed E-state index contributed by atoms with van der Waals surface area (Å²) in [5.41, 5.74) is -0.127. The predicted octanol–water partition coefficient (Wildman–Crippen LogP) is -0.481. The summed E-state index contributed by atoms with van der Waals surface area (Å²) in [4.78, 5) is 22.1. The molecule has 1 aliphatic rings. The zero-order chi connectivity index (χ0) is 8.55. The summed E-state index contributed by atoms with van der Waals surface area (Å²) < 4.78 is 1.44. The van der Waals surface area contributed by atoms with E-state index in [0.29, 0.717) is 6.54 Å². The molecular weight excluding hydrogens is 156 g/mol. The number of hydrogen-bond donors (Lipinski definition) is 1. The highest BCUT2D eigenvalue weighted by Gasteiger charge is 2.29. The first-order valence-electron chi connectivity index (χ1n) is 3.74. The Kier molecular flexibility index (Phi) is 1.46. The van der Waals surface area contributed by atoms with Gasteiger partial charge in [0, 0.05) is 18.8 Å². The summed E-state index contributed by atoms with van der Waals surface area (Å²) in [6.07, 6.45) is 1.63. The molecule has 1 aromatic rings. The van der Waals surface area contributed by atoms with Crippen molar-refractivity contribution >= 4 is 5.91 Å². The second-order valence-corrected chi connectivity index (χ2v) is 2.71. The van der Waals surface area contributed by atoms with Gasteiger partial charge < -0.3 is 9.88 Å². The molecule has 0 saturated carbocycles. The number of rotatable bonds is 1. The van der Waals surface area contributed by atoms with Crippen molar-refractivity contribution in [2.24, 2.45) is 0 Å². The number of amides is 1. The van der Waals surface area contributed by atoms with E-state index in [-0.39, 0.29) is 17.5 Å². The maximum absolute atomic E-state index is 11.2. The largest absolute Gasteiger partial charge is 0.352 e. The number of β-lactam (4-membered cyclic amide) rings is 1. The summed E-state index contributed by atoms with van der Waals surface area (Å²) in [5.74, 6) is -0.0803. The number of carbonyl (C=O) groups is 1. The number of nitrogens with zero attached hydrogens (tertiary/aromatic N) is 1. The van der Waals surface area contributed by atoms with E-state index >= 15 is 0 Å². The fourth-order valence-electron chi connectivity index (χ4n) is 1.20. The SMILES string of the molecule is O=C1NCC1n1ccccc1=O. The minimum Gasteiger partial charge on any atom is -0.352 e. The van der Waals surface area contributed by atoms with Crippen LogP contribution >= 0.6 is 0 Å². The molecule has 2 rings (SSSR count). The molecule has 0 aliphatic carbocycles. The first kappa shape index (κ1) is 7.09. The van der Waals surface area contributed by atoms with E-state index in [0.717, 1.165) is 0 Å². The number of nitrogens with one attached hydrogen (secondary N) is 1. The minimum atomic E-state index is -0.293. The molecule has 0 spiro atoms. The van der Waals surface area contributed by atoms with Crippen LogP contribution in [0.3, 0.4) is 0 Å². The molecule has 62 valence electrons. The van der Waals surface area contributed by atoms with E-state index in [1.54, 1.807) is 18.3 Å². The normalized spacial score (nSPS) is 21.3. The van der Waals surface area contributed by atoms with Crippen LogP contribution in [-0.4, -0.2) is 17.0 Å². The number of carbonyl (C=O) groups excluding carboxylic acids is 1. The second kappa shape index (κ2) is 2.48. The fourth-order valence-corrected chi connectivity index (χ4v) is 1.20. The van der Waals surface area contributed by atoms with Gasteiger partial charge in [0.1, 0.15) is 6.04 Å². The molecule has 0 bridgehead atoms. The third-order valence-electron chi connectivity index (χ3n) is 1.96. The third kappa shape index (κ3) is 0.922. The van der Waals surface area contributed by atoms with Gasteiger partial charge in [0.05, 0.1) is 0 Å². The van der Waals surface area contributed by atoms with Gasteiger partial charge in [0.25, 0.3) is 5.56 Å². The molecule has 1 aromatic heterocycles. The van der Waals surface area contributed by atoms with Crippen molar-refractivity contribution in [3.63, 3.8) is 0 Å². The molecular formula is C8H8N2O2. The highest BCUT2D eigenvalue weighted by atomic mass is 16.2. The number of aromatic nitrogens is 1. The van der Waals surface area contributed by atoms with Crippen molar-refractivity contribution in [2.75, 3.05) is 6.54 Å². The first-order valence-corrected chi connectivity index (χ1v) is 3.74. The summed E-state index contributed by atoms with van der Waals surface area (Å²) in [7, 11) is 0. The van der Waals surface area contributed by atoms with Crippen molar-refractivity contribution < 1.29 is 4.79 Å². The Hall–Kier alpha value is -1.58. The molecule has 1 fully saturated rings. The van der Waals surface area contributed by atoms with Crippen molar-refractivity contribution in [2.45, 2.75) is 6.04 Å². The lowest BCUT2D eigenvalue weighted by atomic mass is 10.1. The fraction of sp³-hybridized carbons (Fsp3) is 0.250. The van der Waals surface area contributed by atoms with Gasteiger partial charge in [0.15, 0.2) is 0 Å². The Morgan fingerprint density at radius 3 is 2.75 bits per heavy atom. The average molecular weight is 164 g/mol. The van der Waals surface area contributed by atoms with E-state index in [1.165, 1.54) is 10.6 Å². The van der Waals surface area contributed by atoms with Crippen LogP contribution in [0.5, 0.6) is 0 Å². The van der Waals surface area contributed by atoms with Gasteiger partial charge >= 0.3 is 0 Å². The van der Waals surface area contributed by atoms with Crippen LogP contribution in [-0.2, 0) is 4.79 Å². The molecule has 2 heterocycles. The molecule has 0 radical (unpaired) electrons. The average Bonchev–Trinajstić information content (AvgIpc) is 2.06. The zero-order valence-corrected chi connectivity index (χ0v) is 6.36. The van der Waals surface area contributed by atoms with Gasteiger partial charge in [-0.3, -0.25) is 9.59 Å². The molecule has 1 atom stereocenters. The number of hydrogen-bond acceptors (Lipinski definition) is 2. The Bertz CT molecular complexity index is 369. The van der Waals surface area contributed by atoms with E-state index in [2.05, 4.69) is 5.32 Å². The Labute approximate surface area is 68.8 Å². The molecule has 1 aliphatic heterocycles. The summed E-state index contributed by atoms with van der Waals surface area (Å²) >= 11 is 0. The first-order chi connectivity index (χ1) is 5.79. The Morgan fingerprint density at radius 1 is 1.42 bits per heavy atom. The van der Waals surface area contributed by atoms with Gasteiger partial charge in [-0.15, -0.1) is 0 Å². The highest BCUT2D eigenvalue weighted by Crippen LogP contribution is 2.09. The smallest absolute Gasteiger partial charge is 0.251 e. The Morgan fingerprint density at radius 2 is 2.25 bits per heavy atom. The van der Waals surface area contributed by atoms with Gasteiger partial charge in [-0.05, 0) is 6.07 Å². The van der Waals surface area contributed by atoms with Crippen LogP contribution in [0.2, 0.25) is 0 Å². The van der Waals surface area contributed by atoms with E-state index < -0.39 is 0 Å². The third-order valence-corrected chi connectivity index (χ3v) is 1.96. The van der Waals surface area contributed by atoms with Crippen molar-refractivity contribution in [1.82, 2.24) is 9.88 Å². The van der Waals surface area contributed by atoms with Crippen LogP contribution < -0.4 is 10.9 Å². The lowest BCUT2D eigenvalue weighted by molar-refractivity contribution is -0.130. The van der Waals surface area contributed by atoms with E-state index in [4.69, 9.17) is 0 Å². The highest BCUT2D eigenvalue weighted by molar-refractivity contribution is 5.86. The summed E-state index contributed by atoms with van der Waals surface area (Å²) in [6, 6.07) is 4.56. The van der Waals surface area contributed by atoms with Crippen LogP contribution in [0.4, 0.5) is 0 Å². The maximum Gasteiger partial charge on any atom is 0.251 e. The minimum absolute atomic E-state index is 0.0803. The number of pyridine rings is 1. The van der Waals surface area contributed by atoms with Crippen LogP contribution in [0, 0.1) is 0 Å². The lowest BCUT2D eigenvalue weighted by Crippen LogP contribution is -2.51. The van der Waals surface area contributed by atoms with Gasteiger partial charge in [-0.2, -0.15) is 0 Å². The maximum atomic E-state index is 11.2. The van der Waals surface area contributed by atoms with Crippen molar-refractivity contribution in [1.29, 1.82) is 0 Å².